The van der Waals surface area contributed by atoms with Crippen molar-refractivity contribution in [3.63, 3.8) is 0 Å². The highest BCUT2D eigenvalue weighted by molar-refractivity contribution is 5.14. The molecule has 1 fully saturated rings. The molecular weight excluding hydrogens is 247 g/mol. The van der Waals surface area contributed by atoms with Crippen LogP contribution in [0.4, 0.5) is 13.2 Å². The topological polar surface area (TPSA) is 61.0 Å². The summed E-state index contributed by atoms with van der Waals surface area (Å²) in [4.78, 5) is 0. The molecule has 0 aliphatic heterocycles. The lowest BCUT2D eigenvalue weighted by Crippen LogP contribution is -2.41. The van der Waals surface area contributed by atoms with Gasteiger partial charge >= 0.3 is 6.18 Å². The molecule has 2 atom stereocenters. The van der Waals surface area contributed by atoms with Crippen LogP contribution < -0.4 is 10.5 Å². The highest BCUT2D eigenvalue weighted by Gasteiger charge is 2.33. The van der Waals surface area contributed by atoms with Gasteiger partial charge in [-0.05, 0) is 25.3 Å². The molecule has 0 amide bonds. The number of rotatable bonds is 2. The average Bonchev–Trinajstić information content (AvgIpc) is 2.32. The second kappa shape index (κ2) is 5.09. The zero-order valence-electron chi connectivity index (χ0n) is 9.65. The molecule has 1 aromatic rings. The average molecular weight is 261 g/mol. The Morgan fingerprint density at radius 3 is 2.44 bits per heavy atom. The minimum absolute atomic E-state index is 0.0883. The number of nitrogens with two attached hydrogens (primary N) is 1. The van der Waals surface area contributed by atoms with Crippen LogP contribution in [0.5, 0.6) is 5.88 Å². The molecule has 7 heteroatoms. The van der Waals surface area contributed by atoms with E-state index in [2.05, 4.69) is 10.2 Å². The van der Waals surface area contributed by atoms with E-state index in [1.807, 2.05) is 0 Å². The number of alkyl halides is 3. The van der Waals surface area contributed by atoms with Gasteiger partial charge in [-0.3, -0.25) is 0 Å². The Kier molecular flexibility index (Phi) is 3.70. The van der Waals surface area contributed by atoms with Crippen LogP contribution in [0.15, 0.2) is 12.1 Å². The van der Waals surface area contributed by atoms with Crippen molar-refractivity contribution in [3.8, 4) is 5.88 Å². The third kappa shape index (κ3) is 3.10. The number of nitrogens with zero attached hydrogens (tertiary/aromatic N) is 2. The molecule has 1 aromatic heterocycles. The summed E-state index contributed by atoms with van der Waals surface area (Å²) in [5.74, 6) is 0.0883. The maximum Gasteiger partial charge on any atom is 0.435 e. The molecule has 1 aliphatic carbocycles. The fourth-order valence-corrected chi connectivity index (χ4v) is 1.96. The number of aromatic nitrogens is 2. The van der Waals surface area contributed by atoms with Gasteiger partial charge in [0.15, 0.2) is 5.69 Å². The van der Waals surface area contributed by atoms with Crippen LogP contribution in [0.3, 0.4) is 0 Å². The maximum absolute atomic E-state index is 12.3. The van der Waals surface area contributed by atoms with Gasteiger partial charge in [0.05, 0.1) is 0 Å². The maximum atomic E-state index is 12.3. The van der Waals surface area contributed by atoms with Gasteiger partial charge in [0, 0.05) is 12.1 Å². The second-order valence-corrected chi connectivity index (χ2v) is 4.36. The van der Waals surface area contributed by atoms with Crippen LogP contribution in [0.1, 0.15) is 31.4 Å². The number of ether oxygens (including phenoxy) is 1. The Morgan fingerprint density at radius 1 is 1.17 bits per heavy atom. The van der Waals surface area contributed by atoms with E-state index in [0.717, 1.165) is 31.7 Å². The zero-order chi connectivity index (χ0) is 13.2. The predicted molar refractivity (Wildman–Crippen MR) is 57.9 cm³/mol. The fourth-order valence-electron chi connectivity index (χ4n) is 1.96. The van der Waals surface area contributed by atoms with E-state index in [1.54, 1.807) is 0 Å². The third-order valence-electron chi connectivity index (χ3n) is 2.96. The largest absolute Gasteiger partial charge is 0.472 e. The first kappa shape index (κ1) is 13.1. The summed E-state index contributed by atoms with van der Waals surface area (Å²) in [5, 5.41) is 6.53. The molecule has 2 N–H and O–H groups in total. The van der Waals surface area contributed by atoms with Crippen LogP contribution in [0, 0.1) is 0 Å². The van der Waals surface area contributed by atoms with E-state index in [9.17, 15) is 13.2 Å². The van der Waals surface area contributed by atoms with Crippen molar-refractivity contribution in [2.75, 3.05) is 0 Å². The fraction of sp³-hybridized carbons (Fsp3) is 0.636. The van der Waals surface area contributed by atoms with Crippen molar-refractivity contribution < 1.29 is 17.9 Å². The van der Waals surface area contributed by atoms with Gasteiger partial charge in [0.2, 0.25) is 5.88 Å². The van der Waals surface area contributed by atoms with E-state index >= 15 is 0 Å². The highest BCUT2D eigenvalue weighted by Crippen LogP contribution is 2.28. The van der Waals surface area contributed by atoms with E-state index in [1.165, 1.54) is 6.07 Å². The first-order valence-electron chi connectivity index (χ1n) is 5.80. The van der Waals surface area contributed by atoms with Crippen LogP contribution in [-0.4, -0.2) is 22.3 Å². The molecule has 18 heavy (non-hydrogen) atoms. The summed E-state index contributed by atoms with van der Waals surface area (Å²) >= 11 is 0. The first-order chi connectivity index (χ1) is 8.47. The molecule has 1 aliphatic rings. The molecule has 0 radical (unpaired) electrons. The molecule has 2 rings (SSSR count). The molecule has 2 unspecified atom stereocenters. The van der Waals surface area contributed by atoms with Gasteiger partial charge < -0.3 is 10.5 Å². The molecule has 1 saturated carbocycles. The SMILES string of the molecule is NC1CCCCC1Oc1ccc(C(F)(F)F)nn1. The number of halogens is 3. The van der Waals surface area contributed by atoms with Crippen molar-refractivity contribution in [3.05, 3.63) is 17.8 Å². The Labute approximate surface area is 102 Å². The van der Waals surface area contributed by atoms with Gasteiger partial charge in [0.25, 0.3) is 0 Å². The first-order valence-corrected chi connectivity index (χ1v) is 5.80. The molecule has 4 nitrogen and oxygen atoms in total. The molecule has 0 aromatic carbocycles. The van der Waals surface area contributed by atoms with Crippen molar-refractivity contribution >= 4 is 0 Å². The zero-order valence-corrected chi connectivity index (χ0v) is 9.65. The standard InChI is InChI=1S/C11H14F3N3O/c12-11(13,14)9-5-6-10(17-16-9)18-8-4-2-1-3-7(8)15/h5-8H,1-4,15H2. The molecule has 0 saturated heterocycles. The minimum Gasteiger partial charge on any atom is -0.472 e. The van der Waals surface area contributed by atoms with Gasteiger partial charge in [-0.1, -0.05) is 6.42 Å². The van der Waals surface area contributed by atoms with E-state index in [0.29, 0.717) is 0 Å². The predicted octanol–water partition coefficient (Wildman–Crippen LogP) is 2.14. The normalized spacial score (nSPS) is 24.9. The second-order valence-electron chi connectivity index (χ2n) is 4.36. The van der Waals surface area contributed by atoms with Gasteiger partial charge in [0.1, 0.15) is 6.10 Å². The van der Waals surface area contributed by atoms with E-state index in [-0.39, 0.29) is 18.0 Å². The van der Waals surface area contributed by atoms with Gasteiger partial charge in [-0.25, -0.2) is 0 Å². The Morgan fingerprint density at radius 2 is 1.89 bits per heavy atom. The van der Waals surface area contributed by atoms with Crippen molar-refractivity contribution in [1.29, 1.82) is 0 Å². The Hall–Kier alpha value is -1.37. The van der Waals surface area contributed by atoms with E-state index < -0.39 is 11.9 Å². The quantitative estimate of drug-likeness (QED) is 0.886. The van der Waals surface area contributed by atoms with Crippen LogP contribution >= 0.6 is 0 Å². The number of hydrogen-bond acceptors (Lipinski definition) is 4. The Balaban J connectivity index is 2.02. The van der Waals surface area contributed by atoms with E-state index in [4.69, 9.17) is 10.5 Å². The minimum atomic E-state index is -4.48. The van der Waals surface area contributed by atoms with Crippen LogP contribution in [0.2, 0.25) is 0 Å². The monoisotopic (exact) mass is 261 g/mol. The lowest BCUT2D eigenvalue weighted by atomic mass is 9.93. The third-order valence-corrected chi connectivity index (χ3v) is 2.96. The van der Waals surface area contributed by atoms with Crippen LogP contribution in [-0.2, 0) is 6.18 Å². The summed E-state index contributed by atoms with van der Waals surface area (Å²) < 4.78 is 42.3. The lowest BCUT2D eigenvalue weighted by Gasteiger charge is -2.28. The van der Waals surface area contributed by atoms with Crippen LogP contribution in [0.25, 0.3) is 0 Å². The molecular formula is C11H14F3N3O. The summed E-state index contributed by atoms with van der Waals surface area (Å²) in [6.45, 7) is 0. The summed E-state index contributed by atoms with van der Waals surface area (Å²) in [7, 11) is 0. The summed E-state index contributed by atoms with van der Waals surface area (Å²) in [5.41, 5.74) is 4.85. The summed E-state index contributed by atoms with van der Waals surface area (Å²) in [6.07, 6.45) is -0.952. The number of hydrogen-bond donors (Lipinski definition) is 1. The Bertz CT molecular complexity index is 394. The van der Waals surface area contributed by atoms with Gasteiger partial charge in [-0.15, -0.1) is 10.2 Å². The molecule has 0 spiro atoms. The van der Waals surface area contributed by atoms with Gasteiger partial charge in [-0.2, -0.15) is 13.2 Å². The summed E-state index contributed by atoms with van der Waals surface area (Å²) in [6, 6.07) is 1.94. The molecule has 100 valence electrons. The van der Waals surface area contributed by atoms with Crippen molar-refractivity contribution in [2.45, 2.75) is 44.0 Å². The molecule has 1 heterocycles. The van der Waals surface area contributed by atoms with Crippen molar-refractivity contribution in [2.24, 2.45) is 5.73 Å². The van der Waals surface area contributed by atoms with Crippen molar-refractivity contribution in [1.82, 2.24) is 10.2 Å². The smallest absolute Gasteiger partial charge is 0.435 e. The molecule has 0 bridgehead atoms. The highest BCUT2D eigenvalue weighted by atomic mass is 19.4. The lowest BCUT2D eigenvalue weighted by molar-refractivity contribution is -0.141.